The summed E-state index contributed by atoms with van der Waals surface area (Å²) in [5.41, 5.74) is 6.82. The van der Waals surface area contributed by atoms with Crippen molar-refractivity contribution in [2.24, 2.45) is 5.73 Å². The Balaban J connectivity index is 1.53. The van der Waals surface area contributed by atoms with Crippen LogP contribution in [0.15, 0.2) is 45.7 Å². The Hall–Kier alpha value is -3.16. The summed E-state index contributed by atoms with van der Waals surface area (Å²) in [6.45, 7) is -0.574. The molecule has 9 nitrogen and oxygen atoms in total. The lowest BCUT2D eigenvalue weighted by Crippen LogP contribution is -2.39. The van der Waals surface area contributed by atoms with Gasteiger partial charge in [0, 0.05) is 37.1 Å². The largest absolute Gasteiger partial charge is 0.412 e. The number of hydrogen-bond acceptors (Lipinski definition) is 8. The smallest absolute Gasteiger partial charge is 0.311 e. The lowest BCUT2D eigenvalue weighted by Gasteiger charge is -2.26. The van der Waals surface area contributed by atoms with Crippen LogP contribution < -0.4 is 10.6 Å². The number of alkyl halides is 2. The molecule has 0 spiro atoms. The van der Waals surface area contributed by atoms with Crippen molar-refractivity contribution < 1.29 is 30.8 Å². The number of fused-ring (bicyclic) bond motifs is 1. The van der Waals surface area contributed by atoms with Crippen molar-refractivity contribution in [3.8, 4) is 11.5 Å². The lowest BCUT2D eigenvalue weighted by atomic mass is 10.1. The summed E-state index contributed by atoms with van der Waals surface area (Å²) in [5, 5.41) is 7.86. The van der Waals surface area contributed by atoms with Gasteiger partial charge in [-0.2, -0.15) is 0 Å². The Morgan fingerprint density at radius 1 is 1.22 bits per heavy atom. The summed E-state index contributed by atoms with van der Waals surface area (Å²) in [6, 6.07) is 8.29. The number of carbonyl (C=O) groups is 1. The maximum Gasteiger partial charge on any atom is 0.311 e. The number of nitrogens with two attached hydrogens (primary N) is 1. The van der Waals surface area contributed by atoms with E-state index in [0.29, 0.717) is 5.02 Å². The van der Waals surface area contributed by atoms with E-state index >= 15 is 4.39 Å². The normalized spacial score (nSPS) is 20.5. The van der Waals surface area contributed by atoms with E-state index in [-0.39, 0.29) is 41.5 Å². The summed E-state index contributed by atoms with van der Waals surface area (Å²) in [5.74, 6) is -6.23. The van der Waals surface area contributed by atoms with Crippen molar-refractivity contribution in [2.75, 3.05) is 30.3 Å². The Kier molecular flexibility index (Phi) is 6.40. The van der Waals surface area contributed by atoms with Gasteiger partial charge < -0.3 is 20.0 Å². The van der Waals surface area contributed by atoms with Crippen LogP contribution in [0.2, 0.25) is 5.02 Å². The molecule has 2 aliphatic rings. The average Bonchev–Trinajstić information content (AvgIpc) is 3.43. The van der Waals surface area contributed by atoms with E-state index in [1.807, 2.05) is 0 Å². The van der Waals surface area contributed by atoms with Gasteiger partial charge in [-0.3, -0.25) is 4.79 Å². The highest BCUT2D eigenvalue weighted by Crippen LogP contribution is 2.37. The minimum atomic E-state index is -3.94. The topological polar surface area (TPSA) is 123 Å². The average molecular weight is 556 g/mol. The van der Waals surface area contributed by atoms with Crippen LogP contribution in [0.4, 0.5) is 18.9 Å². The second kappa shape index (κ2) is 9.30. The van der Waals surface area contributed by atoms with Crippen molar-refractivity contribution in [1.29, 1.82) is 0 Å². The highest BCUT2D eigenvalue weighted by molar-refractivity contribution is 7.91. The molecule has 1 atom stereocenters. The Bertz CT molecular complexity index is 1470. The highest BCUT2D eigenvalue weighted by atomic mass is 35.5. The number of aromatic nitrogens is 2. The summed E-state index contributed by atoms with van der Waals surface area (Å²) >= 11 is 5.97. The molecule has 3 aromatic rings. The third kappa shape index (κ3) is 5.15. The molecule has 37 heavy (non-hydrogen) atoms. The number of rotatable bonds is 4. The molecular formula is C23H21ClF3N5O4S. The van der Waals surface area contributed by atoms with E-state index in [1.165, 1.54) is 6.07 Å². The molecule has 0 aliphatic carbocycles. The number of amides is 1. The second-order valence-corrected chi connectivity index (χ2v) is 11.5. The van der Waals surface area contributed by atoms with Crippen LogP contribution in [0.3, 0.4) is 0 Å². The molecule has 0 radical (unpaired) electrons. The van der Waals surface area contributed by atoms with Gasteiger partial charge in [-0.15, -0.1) is 10.2 Å². The number of anilines is 1. The lowest BCUT2D eigenvalue weighted by molar-refractivity contribution is 0.0115. The van der Waals surface area contributed by atoms with Crippen molar-refractivity contribution >= 4 is 33.0 Å². The second-order valence-electron chi connectivity index (χ2n) is 9.09. The van der Waals surface area contributed by atoms with Crippen molar-refractivity contribution in [3.63, 3.8) is 0 Å². The maximum absolute atomic E-state index is 15.2. The number of halogens is 4. The van der Waals surface area contributed by atoms with Crippen LogP contribution in [0.25, 0.3) is 11.5 Å². The molecule has 2 aliphatic heterocycles. The minimum Gasteiger partial charge on any atom is -0.412 e. The van der Waals surface area contributed by atoms with Crippen LogP contribution in [-0.2, 0) is 16.4 Å². The summed E-state index contributed by atoms with van der Waals surface area (Å²) in [6.07, 6.45) is -0.487. The van der Waals surface area contributed by atoms with E-state index in [9.17, 15) is 22.0 Å². The Morgan fingerprint density at radius 3 is 2.62 bits per heavy atom. The molecule has 2 N–H and O–H groups in total. The quantitative estimate of drug-likeness (QED) is 0.521. The van der Waals surface area contributed by atoms with Gasteiger partial charge in [0.1, 0.15) is 5.82 Å². The first-order valence-electron chi connectivity index (χ1n) is 11.2. The fourth-order valence-corrected chi connectivity index (χ4v) is 6.20. The predicted molar refractivity (Wildman–Crippen MR) is 128 cm³/mol. The number of sulfone groups is 1. The molecule has 1 aromatic heterocycles. The first-order valence-corrected chi connectivity index (χ1v) is 13.3. The number of benzene rings is 2. The van der Waals surface area contributed by atoms with Gasteiger partial charge in [0.15, 0.2) is 9.84 Å². The van der Waals surface area contributed by atoms with Gasteiger partial charge in [-0.1, -0.05) is 23.7 Å². The zero-order valence-corrected chi connectivity index (χ0v) is 20.8. The summed E-state index contributed by atoms with van der Waals surface area (Å²) in [7, 11) is -3.94. The number of carbonyl (C=O) groups excluding carboxylic acids is 1. The molecule has 0 unspecified atom stereocenters. The molecule has 0 saturated carbocycles. The van der Waals surface area contributed by atoms with E-state index < -0.39 is 58.3 Å². The number of hydrogen-bond donors (Lipinski definition) is 1. The zero-order valence-electron chi connectivity index (χ0n) is 19.2. The SMILES string of the molecule is N[C@@H]1CN(Cc2ccc(Cl)cc2)c2cc(-c3nnc(C(=O)N4CCC(F)(F)C4)o3)c(F)cc2S(=O)(=O)C1. The molecule has 1 saturated heterocycles. The van der Waals surface area contributed by atoms with Gasteiger partial charge in [-0.25, -0.2) is 21.6 Å². The van der Waals surface area contributed by atoms with Crippen LogP contribution in [0.1, 0.15) is 22.7 Å². The first-order chi connectivity index (χ1) is 17.4. The standard InChI is InChI=1S/C23H21ClF3N5O4S/c24-14-3-1-13(2-4-14)9-32-10-15(28)11-37(34,35)19-8-17(25)16(7-18(19)32)20-29-30-21(36-20)22(33)31-6-5-23(26,27)12-31/h1-4,7-8,15H,5-6,9-12,28H2/t15-/m1/s1. The van der Waals surface area contributed by atoms with E-state index in [2.05, 4.69) is 10.2 Å². The van der Waals surface area contributed by atoms with Crippen molar-refractivity contribution in [2.45, 2.75) is 29.8 Å². The monoisotopic (exact) mass is 555 g/mol. The van der Waals surface area contributed by atoms with Crippen LogP contribution in [-0.4, -0.2) is 66.8 Å². The summed E-state index contributed by atoms with van der Waals surface area (Å²) in [4.78, 5) is 14.9. The molecule has 1 fully saturated rings. The molecule has 196 valence electrons. The van der Waals surface area contributed by atoms with Gasteiger partial charge >= 0.3 is 11.8 Å². The molecule has 14 heteroatoms. The fraction of sp³-hybridized carbons (Fsp3) is 0.348. The van der Waals surface area contributed by atoms with Gasteiger partial charge in [0.25, 0.3) is 11.8 Å². The predicted octanol–water partition coefficient (Wildman–Crippen LogP) is 3.13. The molecule has 0 bridgehead atoms. The molecule has 3 heterocycles. The number of nitrogens with zero attached hydrogens (tertiary/aromatic N) is 4. The van der Waals surface area contributed by atoms with Crippen LogP contribution >= 0.6 is 11.6 Å². The first kappa shape index (κ1) is 25.5. The van der Waals surface area contributed by atoms with E-state index in [1.54, 1.807) is 29.2 Å². The third-order valence-corrected chi connectivity index (χ3v) is 8.31. The molecule has 1 amide bonds. The molecular weight excluding hydrogens is 535 g/mol. The van der Waals surface area contributed by atoms with Gasteiger partial charge in [0.2, 0.25) is 0 Å². The van der Waals surface area contributed by atoms with Gasteiger partial charge in [-0.05, 0) is 29.8 Å². The molecule has 2 aromatic carbocycles. The zero-order chi connectivity index (χ0) is 26.5. The van der Waals surface area contributed by atoms with Crippen molar-refractivity contribution in [3.05, 3.63) is 58.7 Å². The van der Waals surface area contributed by atoms with Crippen molar-refractivity contribution in [1.82, 2.24) is 15.1 Å². The van der Waals surface area contributed by atoms with Crippen LogP contribution in [0, 0.1) is 5.82 Å². The van der Waals surface area contributed by atoms with Crippen LogP contribution in [0.5, 0.6) is 0 Å². The molecule has 5 rings (SSSR count). The third-order valence-electron chi connectivity index (χ3n) is 6.19. The fourth-order valence-electron chi connectivity index (χ4n) is 4.43. The van der Waals surface area contributed by atoms with Gasteiger partial charge in [0.05, 0.1) is 28.4 Å². The van der Waals surface area contributed by atoms with E-state index in [0.717, 1.165) is 16.5 Å². The number of likely N-dealkylation sites (tertiary alicyclic amines) is 1. The Morgan fingerprint density at radius 2 is 1.95 bits per heavy atom. The minimum absolute atomic E-state index is 0.149. The summed E-state index contributed by atoms with van der Waals surface area (Å²) < 4.78 is 73.5. The Labute approximate surface area is 214 Å². The van der Waals surface area contributed by atoms with E-state index in [4.69, 9.17) is 21.8 Å². The highest BCUT2D eigenvalue weighted by Gasteiger charge is 2.42. The maximum atomic E-state index is 15.2.